The van der Waals surface area contributed by atoms with Gasteiger partial charge in [-0.3, -0.25) is 9.59 Å². The molecule has 2 aromatic carbocycles. The van der Waals surface area contributed by atoms with Crippen molar-refractivity contribution in [1.82, 2.24) is 25.6 Å². The van der Waals surface area contributed by atoms with Gasteiger partial charge in [-0.1, -0.05) is 29.8 Å². The average molecular weight is 532 g/mol. The fourth-order valence-electron chi connectivity index (χ4n) is 3.83. The van der Waals surface area contributed by atoms with E-state index < -0.39 is 0 Å². The Hall–Kier alpha value is -4.37. The molecule has 2 aromatic heterocycles. The molecular formula is C28H30ClN7O2. The van der Waals surface area contributed by atoms with E-state index in [0.29, 0.717) is 48.7 Å². The number of halogens is 1. The highest BCUT2D eigenvalue weighted by molar-refractivity contribution is 6.30. The Balaban J connectivity index is 1.38. The monoisotopic (exact) mass is 531 g/mol. The second-order valence-electron chi connectivity index (χ2n) is 8.63. The van der Waals surface area contributed by atoms with Crippen molar-refractivity contribution in [3.05, 3.63) is 77.0 Å². The van der Waals surface area contributed by atoms with Crippen LogP contribution in [-0.2, 0) is 9.59 Å². The lowest BCUT2D eigenvalue weighted by Crippen LogP contribution is -2.28. The smallest absolute Gasteiger partial charge is 0.244 e. The minimum atomic E-state index is -0.182. The van der Waals surface area contributed by atoms with Crippen LogP contribution < -0.4 is 21.3 Å². The van der Waals surface area contributed by atoms with E-state index in [-0.39, 0.29) is 11.8 Å². The fraction of sp³-hybridized carbons (Fsp3) is 0.214. The van der Waals surface area contributed by atoms with Crippen molar-refractivity contribution in [2.75, 3.05) is 36.8 Å². The summed E-state index contributed by atoms with van der Waals surface area (Å²) in [6, 6.07) is 15.2. The van der Waals surface area contributed by atoms with Gasteiger partial charge in [0.2, 0.25) is 11.8 Å². The molecule has 2 heterocycles. The van der Waals surface area contributed by atoms with Crippen molar-refractivity contribution >= 4 is 52.0 Å². The van der Waals surface area contributed by atoms with Gasteiger partial charge in [0.25, 0.3) is 0 Å². The van der Waals surface area contributed by atoms with Crippen molar-refractivity contribution in [3.8, 4) is 11.4 Å². The molecule has 0 aliphatic heterocycles. The molecule has 0 aliphatic rings. The number of hydrogen-bond donors (Lipinski definition) is 5. The highest BCUT2D eigenvalue weighted by Crippen LogP contribution is 2.26. The number of anilines is 2. The van der Waals surface area contributed by atoms with Crippen LogP contribution in [0.15, 0.2) is 60.8 Å². The first kappa shape index (κ1) is 26.7. The van der Waals surface area contributed by atoms with Crippen LogP contribution in [0.3, 0.4) is 0 Å². The number of aromatic nitrogens is 3. The van der Waals surface area contributed by atoms with Crippen LogP contribution >= 0.6 is 11.6 Å². The lowest BCUT2D eigenvalue weighted by atomic mass is 10.1. The van der Waals surface area contributed by atoms with Gasteiger partial charge in [-0.05, 0) is 48.9 Å². The average Bonchev–Trinajstić information content (AvgIpc) is 3.33. The van der Waals surface area contributed by atoms with E-state index in [0.717, 1.165) is 27.6 Å². The molecule has 0 aliphatic carbocycles. The molecule has 2 amide bonds. The Morgan fingerprint density at radius 3 is 2.26 bits per heavy atom. The number of aromatic amines is 1. The standard InChI is InChI=1S/C28H30ClN7O2/c1-18-26(32-15-13-30-19(2)37)35-28(20-7-10-22(29)11-8-20)36-27(18)33-16-14-31-25(38)12-9-21-17-34-24-6-4-3-5-23(21)24/h3-12,17,34H,13-16H2,1-2H3,(H,30,37)(H,31,38)(H2,32,33,35,36)/b12-9+. The molecule has 0 unspecified atom stereocenters. The zero-order chi connectivity index (χ0) is 26.9. The van der Waals surface area contributed by atoms with Gasteiger partial charge in [0.15, 0.2) is 5.82 Å². The van der Waals surface area contributed by atoms with Crippen LogP contribution in [0.1, 0.15) is 18.1 Å². The fourth-order valence-corrected chi connectivity index (χ4v) is 3.96. The third-order valence-electron chi connectivity index (χ3n) is 5.79. The number of nitrogens with one attached hydrogen (secondary N) is 5. The number of fused-ring (bicyclic) bond motifs is 1. The number of nitrogens with zero attached hydrogens (tertiary/aromatic N) is 2. The minimum Gasteiger partial charge on any atom is -0.368 e. The van der Waals surface area contributed by atoms with Gasteiger partial charge in [0, 0.05) is 72.4 Å². The Morgan fingerprint density at radius 1 is 0.921 bits per heavy atom. The number of benzene rings is 2. The van der Waals surface area contributed by atoms with E-state index in [1.807, 2.05) is 49.5 Å². The maximum Gasteiger partial charge on any atom is 0.244 e. The molecule has 0 bridgehead atoms. The third-order valence-corrected chi connectivity index (χ3v) is 6.04. The summed E-state index contributed by atoms with van der Waals surface area (Å²) in [6.07, 6.45) is 5.21. The quantitative estimate of drug-likeness (QED) is 0.144. The Labute approximate surface area is 226 Å². The van der Waals surface area contributed by atoms with E-state index in [4.69, 9.17) is 16.6 Å². The number of amides is 2. The maximum atomic E-state index is 12.4. The molecule has 0 radical (unpaired) electrons. The number of hydrogen-bond acceptors (Lipinski definition) is 6. The second kappa shape index (κ2) is 12.7. The Morgan fingerprint density at radius 2 is 1.58 bits per heavy atom. The zero-order valence-electron chi connectivity index (χ0n) is 21.3. The summed E-state index contributed by atoms with van der Waals surface area (Å²) < 4.78 is 0. The van der Waals surface area contributed by atoms with Gasteiger partial charge in [-0.15, -0.1) is 0 Å². The number of carbonyl (C=O) groups excluding carboxylic acids is 2. The third kappa shape index (κ3) is 7.10. The van der Waals surface area contributed by atoms with Crippen molar-refractivity contribution in [2.24, 2.45) is 0 Å². The van der Waals surface area contributed by atoms with Gasteiger partial charge in [-0.2, -0.15) is 0 Å². The van der Waals surface area contributed by atoms with Gasteiger partial charge in [0.1, 0.15) is 11.6 Å². The molecule has 0 atom stereocenters. The molecule has 0 fully saturated rings. The molecule has 0 spiro atoms. The highest BCUT2D eigenvalue weighted by Gasteiger charge is 2.12. The Bertz CT molecular complexity index is 1450. The lowest BCUT2D eigenvalue weighted by Gasteiger charge is -2.16. The summed E-state index contributed by atoms with van der Waals surface area (Å²) in [5.41, 5.74) is 3.63. The van der Waals surface area contributed by atoms with E-state index in [9.17, 15) is 9.59 Å². The summed E-state index contributed by atoms with van der Waals surface area (Å²) in [5.74, 6) is 1.56. The second-order valence-corrected chi connectivity index (χ2v) is 9.06. The molecule has 4 aromatic rings. The zero-order valence-corrected chi connectivity index (χ0v) is 22.0. The van der Waals surface area contributed by atoms with E-state index in [1.165, 1.54) is 13.0 Å². The minimum absolute atomic E-state index is 0.0891. The molecule has 5 N–H and O–H groups in total. The molecule has 10 heteroatoms. The summed E-state index contributed by atoms with van der Waals surface area (Å²) in [4.78, 5) is 36.1. The lowest BCUT2D eigenvalue weighted by molar-refractivity contribution is -0.119. The largest absolute Gasteiger partial charge is 0.368 e. The van der Waals surface area contributed by atoms with Crippen LogP contribution in [-0.4, -0.2) is 52.9 Å². The summed E-state index contributed by atoms with van der Waals surface area (Å²) >= 11 is 6.04. The molecule has 196 valence electrons. The molecule has 0 saturated heterocycles. The van der Waals surface area contributed by atoms with Crippen molar-refractivity contribution < 1.29 is 9.59 Å². The predicted octanol–water partition coefficient (Wildman–Crippen LogP) is 4.38. The number of rotatable bonds is 11. The SMILES string of the molecule is CC(=O)NCCNc1nc(-c2ccc(Cl)cc2)nc(NCCNC(=O)/C=C/c2c[nH]c3ccccc23)c1C. The van der Waals surface area contributed by atoms with Crippen LogP contribution in [0.4, 0.5) is 11.6 Å². The normalized spacial score (nSPS) is 11.0. The van der Waals surface area contributed by atoms with E-state index in [2.05, 4.69) is 31.2 Å². The van der Waals surface area contributed by atoms with Crippen LogP contribution in [0, 0.1) is 6.92 Å². The van der Waals surface area contributed by atoms with E-state index in [1.54, 1.807) is 18.2 Å². The van der Waals surface area contributed by atoms with Crippen LogP contribution in [0.25, 0.3) is 28.4 Å². The highest BCUT2D eigenvalue weighted by atomic mass is 35.5. The first-order chi connectivity index (χ1) is 18.4. The summed E-state index contributed by atoms with van der Waals surface area (Å²) in [5, 5.41) is 13.9. The molecule has 38 heavy (non-hydrogen) atoms. The summed E-state index contributed by atoms with van der Waals surface area (Å²) in [6.45, 7) is 5.24. The topological polar surface area (TPSA) is 124 Å². The summed E-state index contributed by atoms with van der Waals surface area (Å²) in [7, 11) is 0. The van der Waals surface area contributed by atoms with E-state index >= 15 is 0 Å². The molecular weight excluding hydrogens is 502 g/mol. The molecule has 4 rings (SSSR count). The number of para-hydroxylation sites is 1. The Kier molecular flexibility index (Phi) is 8.94. The number of H-pyrrole nitrogens is 1. The number of carbonyl (C=O) groups is 2. The van der Waals surface area contributed by atoms with Crippen molar-refractivity contribution in [2.45, 2.75) is 13.8 Å². The van der Waals surface area contributed by atoms with Crippen LogP contribution in [0.2, 0.25) is 5.02 Å². The van der Waals surface area contributed by atoms with Crippen LogP contribution in [0.5, 0.6) is 0 Å². The maximum absolute atomic E-state index is 12.4. The van der Waals surface area contributed by atoms with Gasteiger partial charge in [-0.25, -0.2) is 9.97 Å². The predicted molar refractivity (Wildman–Crippen MR) is 153 cm³/mol. The van der Waals surface area contributed by atoms with Gasteiger partial charge < -0.3 is 26.3 Å². The molecule has 0 saturated carbocycles. The van der Waals surface area contributed by atoms with Gasteiger partial charge in [0.05, 0.1) is 0 Å². The molecule has 9 nitrogen and oxygen atoms in total. The van der Waals surface area contributed by atoms with Crippen molar-refractivity contribution in [1.29, 1.82) is 0 Å². The first-order valence-electron chi connectivity index (χ1n) is 12.3. The van der Waals surface area contributed by atoms with Crippen molar-refractivity contribution in [3.63, 3.8) is 0 Å². The first-order valence-corrected chi connectivity index (χ1v) is 12.7. The van der Waals surface area contributed by atoms with Gasteiger partial charge >= 0.3 is 0 Å².